The molecule has 1 aliphatic carbocycles. The van der Waals surface area contributed by atoms with Gasteiger partial charge in [-0.2, -0.15) is 0 Å². The van der Waals surface area contributed by atoms with Crippen LogP contribution < -0.4 is 5.32 Å². The molecule has 0 unspecified atom stereocenters. The molecule has 0 aromatic heterocycles. The lowest BCUT2D eigenvalue weighted by Gasteiger charge is -2.29. The van der Waals surface area contributed by atoms with E-state index in [2.05, 4.69) is 5.32 Å². The van der Waals surface area contributed by atoms with Gasteiger partial charge in [-0.1, -0.05) is 0 Å². The van der Waals surface area contributed by atoms with Gasteiger partial charge in [0.1, 0.15) is 11.7 Å². The Morgan fingerprint density at radius 1 is 1.17 bits per heavy atom. The highest BCUT2D eigenvalue weighted by molar-refractivity contribution is 5.68. The molecule has 0 bridgehead atoms. The van der Waals surface area contributed by atoms with Crippen molar-refractivity contribution in [1.29, 1.82) is 0 Å². The number of hydrogen-bond donors (Lipinski definition) is 2. The van der Waals surface area contributed by atoms with E-state index in [1.54, 1.807) is 0 Å². The third-order valence-corrected chi connectivity index (χ3v) is 2.66. The summed E-state index contributed by atoms with van der Waals surface area (Å²) < 4.78 is 9.85. The van der Waals surface area contributed by atoms with E-state index in [-0.39, 0.29) is 12.1 Å². The molecule has 0 spiro atoms. The van der Waals surface area contributed by atoms with Crippen LogP contribution in [0.1, 0.15) is 46.5 Å². The van der Waals surface area contributed by atoms with Gasteiger partial charge < -0.3 is 19.9 Å². The van der Waals surface area contributed by atoms with Gasteiger partial charge in [0.05, 0.1) is 0 Å². The van der Waals surface area contributed by atoms with Crippen LogP contribution in [0.4, 0.5) is 9.59 Å². The summed E-state index contributed by atoms with van der Waals surface area (Å²) in [7, 11) is 0. The van der Waals surface area contributed by atoms with E-state index in [9.17, 15) is 9.59 Å². The van der Waals surface area contributed by atoms with Crippen LogP contribution in [0.15, 0.2) is 0 Å². The number of hydrogen-bond acceptors (Lipinski definition) is 4. The molecule has 1 amide bonds. The normalized spacial score (nSPS) is 24.2. The molecule has 1 rings (SSSR count). The minimum absolute atomic E-state index is 0.0356. The number of alkyl carbamates (subject to hydrolysis) is 1. The fraction of sp³-hybridized carbons (Fsp3) is 0.833. The summed E-state index contributed by atoms with van der Waals surface area (Å²) in [6.07, 6.45) is 0.760. The third-order valence-electron chi connectivity index (χ3n) is 2.66. The van der Waals surface area contributed by atoms with Crippen molar-refractivity contribution in [1.82, 2.24) is 5.32 Å². The van der Waals surface area contributed by atoms with E-state index in [4.69, 9.17) is 14.6 Å². The van der Waals surface area contributed by atoms with E-state index in [0.717, 1.165) is 0 Å². The Morgan fingerprint density at radius 3 is 2.17 bits per heavy atom. The highest BCUT2D eigenvalue weighted by Gasteiger charge is 2.26. The largest absolute Gasteiger partial charge is 0.506 e. The zero-order valence-corrected chi connectivity index (χ0v) is 11.1. The minimum Gasteiger partial charge on any atom is -0.450 e. The molecule has 1 aliphatic rings. The molecule has 0 heterocycles. The Hall–Kier alpha value is -1.46. The molecule has 0 saturated heterocycles. The molecule has 0 radical (unpaired) electrons. The van der Waals surface area contributed by atoms with Gasteiger partial charge in [0, 0.05) is 6.04 Å². The van der Waals surface area contributed by atoms with Crippen LogP contribution in [-0.2, 0) is 9.47 Å². The van der Waals surface area contributed by atoms with Gasteiger partial charge in [-0.3, -0.25) is 0 Å². The molecule has 6 nitrogen and oxygen atoms in total. The molecule has 2 N–H and O–H groups in total. The Kier molecular flexibility index (Phi) is 4.81. The fourth-order valence-electron chi connectivity index (χ4n) is 1.94. The van der Waals surface area contributed by atoms with Crippen LogP contribution in [0.2, 0.25) is 0 Å². The summed E-state index contributed by atoms with van der Waals surface area (Å²) in [6.45, 7) is 5.43. The summed E-state index contributed by atoms with van der Waals surface area (Å²) >= 11 is 0. The van der Waals surface area contributed by atoms with Gasteiger partial charge >= 0.3 is 12.2 Å². The van der Waals surface area contributed by atoms with E-state index in [1.807, 2.05) is 20.8 Å². The predicted octanol–water partition coefficient (Wildman–Crippen LogP) is 2.52. The topological polar surface area (TPSA) is 84.9 Å². The number of carbonyl (C=O) groups excluding carboxylic acids is 1. The Balaban J connectivity index is 2.27. The first kappa shape index (κ1) is 14.6. The maximum Gasteiger partial charge on any atom is 0.506 e. The maximum absolute atomic E-state index is 11.5. The molecular weight excluding hydrogens is 238 g/mol. The first-order valence-corrected chi connectivity index (χ1v) is 6.15. The van der Waals surface area contributed by atoms with Crippen molar-refractivity contribution in [2.45, 2.75) is 64.2 Å². The summed E-state index contributed by atoms with van der Waals surface area (Å²) in [4.78, 5) is 21.9. The van der Waals surface area contributed by atoms with Gasteiger partial charge in [0.15, 0.2) is 0 Å². The van der Waals surface area contributed by atoms with Crippen LogP contribution in [0.3, 0.4) is 0 Å². The first-order valence-electron chi connectivity index (χ1n) is 6.15. The summed E-state index contributed by atoms with van der Waals surface area (Å²) in [5, 5.41) is 11.3. The van der Waals surface area contributed by atoms with E-state index >= 15 is 0 Å². The molecule has 0 aliphatic heterocycles. The number of amides is 1. The average Bonchev–Trinajstić information content (AvgIpc) is 2.17. The van der Waals surface area contributed by atoms with Crippen LogP contribution in [-0.4, -0.2) is 35.1 Å². The number of ether oxygens (including phenoxy) is 2. The molecular formula is C12H21NO5. The second kappa shape index (κ2) is 5.93. The van der Waals surface area contributed by atoms with Crippen LogP contribution >= 0.6 is 0 Å². The van der Waals surface area contributed by atoms with Crippen LogP contribution in [0, 0.1) is 0 Å². The highest BCUT2D eigenvalue weighted by Crippen LogP contribution is 2.21. The summed E-state index contributed by atoms with van der Waals surface area (Å²) in [5.41, 5.74) is -0.506. The summed E-state index contributed by atoms with van der Waals surface area (Å²) in [5.74, 6) is 0. The van der Waals surface area contributed by atoms with Crippen molar-refractivity contribution in [3.63, 3.8) is 0 Å². The first-order chi connectivity index (χ1) is 8.26. The van der Waals surface area contributed by atoms with Crippen molar-refractivity contribution in [3.8, 4) is 0 Å². The zero-order valence-electron chi connectivity index (χ0n) is 11.1. The second-order valence-electron chi connectivity index (χ2n) is 5.50. The van der Waals surface area contributed by atoms with Crippen molar-refractivity contribution >= 4 is 12.2 Å². The molecule has 1 saturated carbocycles. The molecule has 0 aromatic rings. The van der Waals surface area contributed by atoms with E-state index < -0.39 is 17.8 Å². The molecule has 0 aromatic carbocycles. The average molecular weight is 259 g/mol. The lowest BCUT2D eigenvalue weighted by Crippen LogP contribution is -2.42. The van der Waals surface area contributed by atoms with Gasteiger partial charge in [0.2, 0.25) is 0 Å². The molecule has 1 fully saturated rings. The number of carboxylic acid groups (broad SMARTS) is 1. The van der Waals surface area contributed by atoms with Crippen molar-refractivity contribution in [2.75, 3.05) is 0 Å². The number of nitrogens with one attached hydrogen (secondary N) is 1. The standard InChI is InChI=1S/C12H21NO5/c1-12(2,3)18-10(14)13-8-4-6-9(7-5-8)17-11(15)16/h8-9H,4-7H2,1-3H3,(H,13,14)(H,15,16)/t8-,9-. The van der Waals surface area contributed by atoms with Crippen molar-refractivity contribution < 1.29 is 24.2 Å². The smallest absolute Gasteiger partial charge is 0.450 e. The highest BCUT2D eigenvalue weighted by atomic mass is 16.7. The lowest BCUT2D eigenvalue weighted by molar-refractivity contribution is 0.0260. The summed E-state index contributed by atoms with van der Waals surface area (Å²) in [6, 6.07) is 0.0356. The second-order valence-corrected chi connectivity index (χ2v) is 5.50. The van der Waals surface area contributed by atoms with E-state index in [0.29, 0.717) is 25.7 Å². The molecule has 104 valence electrons. The quantitative estimate of drug-likeness (QED) is 0.744. The molecule has 6 heteroatoms. The van der Waals surface area contributed by atoms with Gasteiger partial charge in [-0.05, 0) is 46.5 Å². The molecule has 18 heavy (non-hydrogen) atoms. The van der Waals surface area contributed by atoms with Crippen molar-refractivity contribution in [3.05, 3.63) is 0 Å². The fourth-order valence-corrected chi connectivity index (χ4v) is 1.94. The Morgan fingerprint density at radius 2 is 1.72 bits per heavy atom. The number of rotatable bonds is 2. The van der Waals surface area contributed by atoms with Crippen molar-refractivity contribution in [2.24, 2.45) is 0 Å². The van der Waals surface area contributed by atoms with E-state index in [1.165, 1.54) is 0 Å². The Bertz CT molecular complexity index is 302. The SMILES string of the molecule is CC(C)(C)OC(=O)N[C@H]1CC[C@H](OC(=O)O)CC1. The van der Waals surface area contributed by atoms with Gasteiger partial charge in [-0.15, -0.1) is 0 Å². The number of carbonyl (C=O) groups is 2. The molecule has 0 atom stereocenters. The third kappa shape index (κ3) is 5.75. The Labute approximate surface area is 107 Å². The predicted molar refractivity (Wildman–Crippen MR) is 64.5 cm³/mol. The monoisotopic (exact) mass is 259 g/mol. The maximum atomic E-state index is 11.5. The van der Waals surface area contributed by atoms with Gasteiger partial charge in [0.25, 0.3) is 0 Å². The zero-order chi connectivity index (χ0) is 13.8. The van der Waals surface area contributed by atoms with Crippen LogP contribution in [0.5, 0.6) is 0 Å². The minimum atomic E-state index is -1.24. The lowest BCUT2D eigenvalue weighted by atomic mass is 9.93. The van der Waals surface area contributed by atoms with Crippen LogP contribution in [0.25, 0.3) is 0 Å². The van der Waals surface area contributed by atoms with Gasteiger partial charge in [-0.25, -0.2) is 9.59 Å².